The van der Waals surface area contributed by atoms with Gasteiger partial charge in [-0.2, -0.15) is 0 Å². The van der Waals surface area contributed by atoms with Crippen molar-refractivity contribution in [2.24, 2.45) is 5.92 Å². The highest BCUT2D eigenvalue weighted by Crippen LogP contribution is 2.30. The Hall–Kier alpha value is -3.54. The Labute approximate surface area is 208 Å². The van der Waals surface area contributed by atoms with Gasteiger partial charge in [0.05, 0.1) is 6.42 Å². The lowest BCUT2D eigenvalue weighted by molar-refractivity contribution is -0.155. The predicted octanol–water partition coefficient (Wildman–Crippen LogP) is 0.103. The van der Waals surface area contributed by atoms with Crippen molar-refractivity contribution in [3.8, 4) is 0 Å². The molecule has 0 aromatic carbocycles. The van der Waals surface area contributed by atoms with Crippen LogP contribution in [0, 0.1) is 5.92 Å². The number of cyclic esters (lactones) is 1. The third kappa shape index (κ3) is 5.81. The minimum absolute atomic E-state index is 0.127. The molecule has 0 aliphatic carbocycles. The average Bonchev–Trinajstić information content (AvgIpc) is 3.40. The van der Waals surface area contributed by atoms with Gasteiger partial charge in [0.15, 0.2) is 0 Å². The summed E-state index contributed by atoms with van der Waals surface area (Å²) in [5.41, 5.74) is 0.127. The van der Waals surface area contributed by atoms with Crippen molar-refractivity contribution in [3.05, 3.63) is 30.1 Å². The number of fused-ring (bicyclic) bond motifs is 1. The number of rotatable bonds is 7. The quantitative estimate of drug-likeness (QED) is 0.300. The largest absolute Gasteiger partial charge is 0.434 e. The summed E-state index contributed by atoms with van der Waals surface area (Å²) in [5, 5.41) is 18.3. The molecule has 4 N–H and O–H groups in total. The van der Waals surface area contributed by atoms with Gasteiger partial charge in [0.2, 0.25) is 24.1 Å². The molecule has 12 heteroatoms. The lowest BCUT2D eigenvalue weighted by Gasteiger charge is -2.34. The van der Waals surface area contributed by atoms with Gasteiger partial charge in [-0.05, 0) is 37.7 Å². The monoisotopic (exact) mass is 500 g/mol. The van der Waals surface area contributed by atoms with Gasteiger partial charge in [-0.1, -0.05) is 26.0 Å². The number of anilines is 1. The van der Waals surface area contributed by atoms with Gasteiger partial charge in [0.1, 0.15) is 23.8 Å². The van der Waals surface area contributed by atoms with Crippen LogP contribution in [-0.4, -0.2) is 80.7 Å². The summed E-state index contributed by atoms with van der Waals surface area (Å²) in [4.78, 5) is 60.9. The number of carbonyl (C=O) groups excluding carboxylic acids is 4. The maximum atomic E-state index is 13.6. The predicted molar refractivity (Wildman–Crippen MR) is 127 cm³/mol. The van der Waals surface area contributed by atoms with Gasteiger partial charge in [-0.25, -0.2) is 9.97 Å². The second-order valence-corrected chi connectivity index (χ2v) is 9.70. The number of hydrogen-bond acceptors (Lipinski definition) is 9. The Morgan fingerprint density at radius 2 is 1.97 bits per heavy atom. The molecule has 3 aliphatic rings. The van der Waals surface area contributed by atoms with Gasteiger partial charge in [0.25, 0.3) is 5.91 Å². The molecule has 0 radical (unpaired) electrons. The molecule has 4 rings (SSSR count). The van der Waals surface area contributed by atoms with E-state index in [0.717, 1.165) is 0 Å². The minimum atomic E-state index is -1.41. The standard InChI is InChI=1S/C24H32N6O6/c1-13(2)12-26-24-25-10-9-15(29-24)20(32)27-16-6-4-3-5-14-7-8-18(30(14)22(16)34)21(33)28-17-11-19(31)36-23(17)35/h3-4,9-10,13-14,16-18,23,35H,5-8,11-12H2,1-2H3,(H,27,32)(H,28,33)(H,25,26,29)/t14-,16+,17?,18+,23?/m1/s1. The summed E-state index contributed by atoms with van der Waals surface area (Å²) >= 11 is 0. The molecule has 2 saturated heterocycles. The van der Waals surface area contributed by atoms with E-state index in [0.29, 0.717) is 37.7 Å². The number of hydrogen-bond donors (Lipinski definition) is 4. The van der Waals surface area contributed by atoms with Crippen molar-refractivity contribution in [3.63, 3.8) is 0 Å². The molecule has 4 heterocycles. The number of carbonyl (C=O) groups is 4. The molecule has 0 bridgehead atoms. The van der Waals surface area contributed by atoms with Crippen LogP contribution in [0.1, 0.15) is 56.4 Å². The van der Waals surface area contributed by atoms with E-state index in [4.69, 9.17) is 0 Å². The Morgan fingerprint density at radius 1 is 1.19 bits per heavy atom. The van der Waals surface area contributed by atoms with Crippen LogP contribution in [0.5, 0.6) is 0 Å². The second kappa shape index (κ2) is 11.0. The topological polar surface area (TPSA) is 163 Å². The molecule has 0 saturated carbocycles. The molecule has 2 fully saturated rings. The number of nitrogens with one attached hydrogen (secondary N) is 3. The van der Waals surface area contributed by atoms with Crippen LogP contribution in [0.2, 0.25) is 0 Å². The minimum Gasteiger partial charge on any atom is -0.434 e. The number of aliphatic hydroxyl groups is 1. The Morgan fingerprint density at radius 3 is 2.69 bits per heavy atom. The summed E-state index contributed by atoms with van der Waals surface area (Å²) < 4.78 is 4.69. The van der Waals surface area contributed by atoms with Crippen molar-refractivity contribution in [1.82, 2.24) is 25.5 Å². The molecule has 3 aliphatic heterocycles. The Bertz CT molecular complexity index is 1050. The number of nitrogens with zero attached hydrogens (tertiary/aromatic N) is 3. The van der Waals surface area contributed by atoms with Gasteiger partial charge in [0, 0.05) is 18.8 Å². The van der Waals surface area contributed by atoms with Crippen LogP contribution in [-0.2, 0) is 19.1 Å². The SMILES string of the molecule is CC(C)CNc1nccc(C(=O)N[C@H]2CC=CC[C@@H]3CC[C@@H](C(=O)NC4CC(=O)OC4O)N3C2=O)n1. The van der Waals surface area contributed by atoms with Crippen molar-refractivity contribution in [1.29, 1.82) is 0 Å². The zero-order chi connectivity index (χ0) is 25.8. The van der Waals surface area contributed by atoms with Crippen molar-refractivity contribution in [2.75, 3.05) is 11.9 Å². The van der Waals surface area contributed by atoms with E-state index in [9.17, 15) is 24.3 Å². The fraction of sp³-hybridized carbons (Fsp3) is 0.583. The van der Waals surface area contributed by atoms with E-state index in [1.807, 2.05) is 26.0 Å². The molecule has 36 heavy (non-hydrogen) atoms. The normalized spacial score (nSPS) is 27.8. The van der Waals surface area contributed by atoms with Gasteiger partial charge >= 0.3 is 5.97 Å². The zero-order valence-corrected chi connectivity index (χ0v) is 20.3. The van der Waals surface area contributed by atoms with Crippen LogP contribution in [0.25, 0.3) is 0 Å². The van der Waals surface area contributed by atoms with E-state index in [-0.39, 0.29) is 30.5 Å². The summed E-state index contributed by atoms with van der Waals surface area (Å²) in [5.74, 6) is -1.23. The van der Waals surface area contributed by atoms with E-state index < -0.39 is 42.2 Å². The van der Waals surface area contributed by atoms with Crippen LogP contribution < -0.4 is 16.0 Å². The van der Waals surface area contributed by atoms with Crippen molar-refractivity contribution in [2.45, 2.75) is 76.4 Å². The molecule has 1 aromatic rings. The Balaban J connectivity index is 1.46. The average molecular weight is 501 g/mol. The van der Waals surface area contributed by atoms with Crippen LogP contribution in [0.4, 0.5) is 5.95 Å². The molecule has 0 spiro atoms. The van der Waals surface area contributed by atoms with Gasteiger partial charge < -0.3 is 30.7 Å². The number of ether oxygens (including phenoxy) is 1. The number of aromatic nitrogens is 2. The Kier molecular flexibility index (Phi) is 7.82. The number of aliphatic hydroxyl groups excluding tert-OH is 1. The first-order valence-electron chi connectivity index (χ1n) is 12.3. The first-order chi connectivity index (χ1) is 17.2. The highest BCUT2D eigenvalue weighted by molar-refractivity contribution is 5.98. The van der Waals surface area contributed by atoms with E-state index in [1.54, 1.807) is 0 Å². The molecule has 12 nitrogen and oxygen atoms in total. The molecule has 1 aromatic heterocycles. The van der Waals surface area contributed by atoms with E-state index >= 15 is 0 Å². The van der Waals surface area contributed by atoms with E-state index in [1.165, 1.54) is 17.2 Å². The summed E-state index contributed by atoms with van der Waals surface area (Å²) in [6, 6.07) is -1.23. The van der Waals surface area contributed by atoms with Crippen molar-refractivity contribution >= 4 is 29.6 Å². The van der Waals surface area contributed by atoms with Crippen LogP contribution in [0.15, 0.2) is 24.4 Å². The highest BCUT2D eigenvalue weighted by atomic mass is 16.6. The second-order valence-electron chi connectivity index (χ2n) is 9.70. The van der Waals surface area contributed by atoms with Crippen molar-refractivity contribution < 1.29 is 29.0 Å². The highest BCUT2D eigenvalue weighted by Gasteiger charge is 2.45. The summed E-state index contributed by atoms with van der Waals surface area (Å²) in [7, 11) is 0. The third-order valence-electron chi connectivity index (χ3n) is 6.48. The van der Waals surface area contributed by atoms with Crippen LogP contribution >= 0.6 is 0 Å². The van der Waals surface area contributed by atoms with Gasteiger partial charge in [-0.15, -0.1) is 0 Å². The molecule has 5 atom stereocenters. The first-order valence-corrected chi connectivity index (χ1v) is 12.3. The van der Waals surface area contributed by atoms with Crippen LogP contribution in [0.3, 0.4) is 0 Å². The fourth-order valence-corrected chi connectivity index (χ4v) is 4.64. The third-order valence-corrected chi connectivity index (χ3v) is 6.48. The molecule has 3 amide bonds. The fourth-order valence-electron chi connectivity index (χ4n) is 4.64. The maximum absolute atomic E-state index is 13.6. The van der Waals surface area contributed by atoms with E-state index in [2.05, 4.69) is 30.7 Å². The summed E-state index contributed by atoms with van der Waals surface area (Å²) in [6.45, 7) is 4.73. The number of esters is 1. The molecular formula is C24H32N6O6. The zero-order valence-electron chi connectivity index (χ0n) is 20.3. The molecule has 2 unspecified atom stereocenters. The lowest BCUT2D eigenvalue weighted by atomic mass is 10.0. The summed E-state index contributed by atoms with van der Waals surface area (Å²) in [6.07, 6.45) is 5.68. The molecular weight excluding hydrogens is 468 g/mol. The number of amides is 3. The smallest absolute Gasteiger partial charge is 0.310 e. The molecule has 194 valence electrons. The maximum Gasteiger partial charge on any atom is 0.310 e. The lowest BCUT2D eigenvalue weighted by Crippen LogP contribution is -2.57. The van der Waals surface area contributed by atoms with Gasteiger partial charge in [-0.3, -0.25) is 19.2 Å². The first kappa shape index (κ1) is 25.5.